The monoisotopic (exact) mass is 334 g/mol. The van der Waals surface area contributed by atoms with Crippen molar-refractivity contribution in [3.63, 3.8) is 0 Å². The van der Waals surface area contributed by atoms with Crippen LogP contribution in [0.1, 0.15) is 41.6 Å². The number of benzene rings is 1. The fourth-order valence-electron chi connectivity index (χ4n) is 1.86. The maximum absolute atomic E-state index is 12.1. The highest BCUT2D eigenvalue weighted by Crippen LogP contribution is 2.19. The van der Waals surface area contributed by atoms with E-state index in [1.165, 1.54) is 11.8 Å². The van der Waals surface area contributed by atoms with Gasteiger partial charge in [-0.25, -0.2) is 0 Å². The van der Waals surface area contributed by atoms with Crippen LogP contribution in [0, 0.1) is 0 Å². The first-order valence-corrected chi connectivity index (χ1v) is 8.27. The first-order valence-electron chi connectivity index (χ1n) is 7.12. The number of nitrogens with one attached hydrogen (secondary N) is 1. The lowest BCUT2D eigenvalue weighted by molar-refractivity contribution is -0.133. The molecule has 0 aliphatic carbocycles. The summed E-state index contributed by atoms with van der Waals surface area (Å²) >= 11 is 1.31. The Balaban J connectivity index is 1.98. The third kappa shape index (κ3) is 5.14. The number of carboxylic acids is 1. The first-order chi connectivity index (χ1) is 11.0. The van der Waals surface area contributed by atoms with Gasteiger partial charge in [0.15, 0.2) is 5.69 Å². The van der Waals surface area contributed by atoms with Crippen molar-refractivity contribution >= 4 is 29.3 Å². The Morgan fingerprint density at radius 2 is 2.13 bits per heavy atom. The van der Waals surface area contributed by atoms with Crippen LogP contribution in [0.5, 0.6) is 0 Å². The second-order valence-corrected chi connectivity index (χ2v) is 6.30. The van der Waals surface area contributed by atoms with Gasteiger partial charge < -0.3 is 14.9 Å². The van der Waals surface area contributed by atoms with Gasteiger partial charge in [-0.1, -0.05) is 31.1 Å². The standard InChI is InChI=1S/C16H18N2O4S/c1-10(2)14-7-13(18-22-14)16(21)17-12-5-3-4-11(6-12)8-23-9-15(19)20/h3-7,10H,8-9H2,1-2H3,(H,17,21)(H,19,20). The lowest BCUT2D eigenvalue weighted by atomic mass is 10.1. The van der Waals surface area contributed by atoms with Gasteiger partial charge in [0.2, 0.25) is 0 Å². The van der Waals surface area contributed by atoms with Gasteiger partial charge in [0.25, 0.3) is 5.91 Å². The summed E-state index contributed by atoms with van der Waals surface area (Å²) in [6.45, 7) is 3.92. The van der Waals surface area contributed by atoms with Crippen LogP contribution in [0.25, 0.3) is 0 Å². The maximum Gasteiger partial charge on any atom is 0.313 e. The number of amides is 1. The van der Waals surface area contributed by atoms with Crippen molar-refractivity contribution in [1.29, 1.82) is 0 Å². The van der Waals surface area contributed by atoms with E-state index >= 15 is 0 Å². The van der Waals surface area contributed by atoms with Crippen LogP contribution in [-0.2, 0) is 10.5 Å². The molecule has 0 fully saturated rings. The summed E-state index contributed by atoms with van der Waals surface area (Å²) in [6, 6.07) is 8.92. The molecule has 2 N–H and O–H groups in total. The number of hydrogen-bond acceptors (Lipinski definition) is 5. The minimum atomic E-state index is -0.841. The highest BCUT2D eigenvalue weighted by molar-refractivity contribution is 7.99. The molecule has 1 amide bonds. The molecule has 0 spiro atoms. The number of hydrogen-bond donors (Lipinski definition) is 2. The Labute approximate surface area is 138 Å². The number of rotatable bonds is 7. The lowest BCUT2D eigenvalue weighted by Gasteiger charge is -2.05. The number of anilines is 1. The topological polar surface area (TPSA) is 92.4 Å². The van der Waals surface area contributed by atoms with E-state index in [-0.39, 0.29) is 23.3 Å². The Hall–Kier alpha value is -2.28. The van der Waals surface area contributed by atoms with E-state index in [0.717, 1.165) is 5.56 Å². The number of aromatic nitrogens is 1. The summed E-state index contributed by atoms with van der Waals surface area (Å²) in [5, 5.41) is 15.2. The Bertz CT molecular complexity index is 697. The molecule has 7 heteroatoms. The molecule has 6 nitrogen and oxygen atoms in total. The molecule has 0 aliphatic heterocycles. The molecule has 1 heterocycles. The van der Waals surface area contributed by atoms with E-state index in [4.69, 9.17) is 9.63 Å². The van der Waals surface area contributed by atoms with Gasteiger partial charge in [-0.3, -0.25) is 9.59 Å². The van der Waals surface area contributed by atoms with Crippen molar-refractivity contribution in [2.45, 2.75) is 25.5 Å². The van der Waals surface area contributed by atoms with Crippen LogP contribution in [-0.4, -0.2) is 27.9 Å². The molecular weight excluding hydrogens is 316 g/mol. The zero-order chi connectivity index (χ0) is 16.8. The molecule has 122 valence electrons. The summed E-state index contributed by atoms with van der Waals surface area (Å²) < 4.78 is 5.11. The highest BCUT2D eigenvalue weighted by atomic mass is 32.2. The number of carbonyl (C=O) groups excluding carboxylic acids is 1. The zero-order valence-corrected chi connectivity index (χ0v) is 13.7. The Morgan fingerprint density at radius 1 is 1.35 bits per heavy atom. The van der Waals surface area contributed by atoms with Gasteiger partial charge in [-0.2, -0.15) is 0 Å². The summed E-state index contributed by atoms with van der Waals surface area (Å²) in [5.74, 6) is 0.264. The normalized spacial score (nSPS) is 10.7. The van der Waals surface area contributed by atoms with Gasteiger partial charge in [0, 0.05) is 23.4 Å². The van der Waals surface area contributed by atoms with Crippen molar-refractivity contribution < 1.29 is 19.2 Å². The van der Waals surface area contributed by atoms with Crippen molar-refractivity contribution in [2.24, 2.45) is 0 Å². The predicted molar refractivity (Wildman–Crippen MR) is 88.8 cm³/mol. The van der Waals surface area contributed by atoms with Crippen LogP contribution in [0.4, 0.5) is 5.69 Å². The largest absolute Gasteiger partial charge is 0.481 e. The molecule has 1 aromatic heterocycles. The van der Waals surface area contributed by atoms with Crippen molar-refractivity contribution in [2.75, 3.05) is 11.1 Å². The Kier molecular flexibility index (Phi) is 5.81. The molecule has 1 aromatic carbocycles. The van der Waals surface area contributed by atoms with E-state index < -0.39 is 5.97 Å². The highest BCUT2D eigenvalue weighted by Gasteiger charge is 2.14. The predicted octanol–water partition coefficient (Wildman–Crippen LogP) is 3.37. The summed E-state index contributed by atoms with van der Waals surface area (Å²) in [7, 11) is 0. The third-order valence-corrected chi connectivity index (χ3v) is 4.00. The molecule has 0 atom stereocenters. The molecule has 0 aliphatic rings. The zero-order valence-electron chi connectivity index (χ0n) is 12.9. The summed E-state index contributed by atoms with van der Waals surface area (Å²) in [6.07, 6.45) is 0. The molecular formula is C16H18N2O4S. The Morgan fingerprint density at radius 3 is 2.78 bits per heavy atom. The molecule has 0 unspecified atom stereocenters. The molecule has 23 heavy (non-hydrogen) atoms. The second kappa shape index (κ2) is 7.82. The number of carbonyl (C=O) groups is 2. The average molecular weight is 334 g/mol. The molecule has 0 saturated carbocycles. The van der Waals surface area contributed by atoms with Crippen LogP contribution < -0.4 is 5.32 Å². The minimum Gasteiger partial charge on any atom is -0.481 e. The van der Waals surface area contributed by atoms with E-state index in [1.807, 2.05) is 32.0 Å². The molecule has 0 saturated heterocycles. The van der Waals surface area contributed by atoms with Gasteiger partial charge in [0.05, 0.1) is 5.75 Å². The van der Waals surface area contributed by atoms with Crippen LogP contribution >= 0.6 is 11.8 Å². The van der Waals surface area contributed by atoms with Crippen LogP contribution in [0.2, 0.25) is 0 Å². The fraction of sp³-hybridized carbons (Fsp3) is 0.312. The third-order valence-electron chi connectivity index (χ3n) is 3.01. The van der Waals surface area contributed by atoms with E-state index in [0.29, 0.717) is 17.2 Å². The SMILES string of the molecule is CC(C)c1cc(C(=O)Nc2cccc(CSCC(=O)O)c2)no1. The van der Waals surface area contributed by atoms with Crippen molar-refractivity contribution in [3.8, 4) is 0 Å². The average Bonchev–Trinajstić information content (AvgIpc) is 2.97. The molecule has 2 rings (SSSR count). The summed E-state index contributed by atoms with van der Waals surface area (Å²) in [5.41, 5.74) is 1.81. The van der Waals surface area contributed by atoms with Gasteiger partial charge in [0.1, 0.15) is 5.76 Å². The fourth-order valence-corrected chi connectivity index (χ4v) is 2.55. The van der Waals surface area contributed by atoms with Gasteiger partial charge >= 0.3 is 5.97 Å². The second-order valence-electron chi connectivity index (χ2n) is 5.31. The minimum absolute atomic E-state index is 0.0491. The maximum atomic E-state index is 12.1. The van der Waals surface area contributed by atoms with Gasteiger partial charge in [-0.15, -0.1) is 11.8 Å². The van der Waals surface area contributed by atoms with Crippen molar-refractivity contribution in [3.05, 3.63) is 47.3 Å². The van der Waals surface area contributed by atoms with E-state index in [2.05, 4.69) is 10.5 Å². The first kappa shape index (κ1) is 17.1. The van der Waals surface area contributed by atoms with E-state index in [1.54, 1.807) is 12.1 Å². The number of aliphatic carboxylic acids is 1. The van der Waals surface area contributed by atoms with Crippen molar-refractivity contribution in [1.82, 2.24) is 5.16 Å². The van der Waals surface area contributed by atoms with Crippen LogP contribution in [0.15, 0.2) is 34.9 Å². The smallest absolute Gasteiger partial charge is 0.313 e. The van der Waals surface area contributed by atoms with Gasteiger partial charge in [-0.05, 0) is 17.7 Å². The molecule has 0 radical (unpaired) electrons. The van der Waals surface area contributed by atoms with Crippen LogP contribution in [0.3, 0.4) is 0 Å². The molecule has 0 bridgehead atoms. The quantitative estimate of drug-likeness (QED) is 0.806. The number of carboxylic acid groups (broad SMARTS) is 1. The molecule has 2 aromatic rings. The number of thioether (sulfide) groups is 1. The lowest BCUT2D eigenvalue weighted by Crippen LogP contribution is -2.12. The summed E-state index contributed by atoms with van der Waals surface area (Å²) in [4.78, 5) is 22.7. The van der Waals surface area contributed by atoms with E-state index in [9.17, 15) is 9.59 Å². The number of nitrogens with zero attached hydrogens (tertiary/aromatic N) is 1.